The van der Waals surface area contributed by atoms with Crippen LogP contribution in [0.2, 0.25) is 0 Å². The molecule has 0 spiro atoms. The molecule has 6 nitrogen and oxygen atoms in total. The van der Waals surface area contributed by atoms with Gasteiger partial charge in [-0.25, -0.2) is 0 Å². The highest BCUT2D eigenvalue weighted by atomic mass is 16.5. The third kappa shape index (κ3) is 4.48. The normalized spacial score (nSPS) is 14.8. The lowest BCUT2D eigenvalue weighted by molar-refractivity contribution is 0.0714. The van der Waals surface area contributed by atoms with E-state index in [4.69, 9.17) is 13.9 Å². The van der Waals surface area contributed by atoms with Crippen LogP contribution in [0.4, 0.5) is 0 Å². The molecule has 37 heavy (non-hydrogen) atoms. The Bertz CT molecular complexity index is 1520. The number of unbranched alkanes of at least 4 members (excludes halogenated alkanes) is 1. The molecule has 4 aromatic rings. The fourth-order valence-electron chi connectivity index (χ4n) is 5.10. The molecule has 2 heterocycles. The predicted molar refractivity (Wildman–Crippen MR) is 144 cm³/mol. The molecule has 6 heteroatoms. The van der Waals surface area contributed by atoms with E-state index < -0.39 is 6.04 Å². The van der Waals surface area contributed by atoms with E-state index in [1.165, 1.54) is 0 Å². The summed E-state index contributed by atoms with van der Waals surface area (Å²) in [6.45, 7) is 6.88. The first kappa shape index (κ1) is 24.6. The van der Waals surface area contributed by atoms with Gasteiger partial charge in [-0.1, -0.05) is 55.8 Å². The zero-order chi connectivity index (χ0) is 26.1. The minimum atomic E-state index is -0.623. The van der Waals surface area contributed by atoms with E-state index in [1.807, 2.05) is 74.5 Å². The van der Waals surface area contributed by atoms with Crippen molar-refractivity contribution in [2.24, 2.45) is 0 Å². The second-order valence-electron chi connectivity index (χ2n) is 9.56. The molecule has 5 rings (SSSR count). The van der Waals surface area contributed by atoms with Gasteiger partial charge >= 0.3 is 0 Å². The van der Waals surface area contributed by atoms with E-state index in [9.17, 15) is 9.59 Å². The molecule has 1 amide bonds. The van der Waals surface area contributed by atoms with Crippen LogP contribution in [0.1, 0.15) is 64.2 Å². The number of aryl methyl sites for hydroxylation is 2. The molecule has 1 aliphatic rings. The Morgan fingerprint density at radius 2 is 1.76 bits per heavy atom. The number of fused-ring (bicyclic) bond motifs is 2. The van der Waals surface area contributed by atoms with Crippen LogP contribution in [-0.4, -0.2) is 24.5 Å². The third-order valence-corrected chi connectivity index (χ3v) is 6.87. The molecule has 3 aromatic carbocycles. The Morgan fingerprint density at radius 3 is 2.49 bits per heavy atom. The van der Waals surface area contributed by atoms with Gasteiger partial charge in [-0.05, 0) is 60.7 Å². The Balaban J connectivity index is 1.68. The molecule has 0 saturated heterocycles. The number of nitrogens with zero attached hydrogens (tertiary/aromatic N) is 1. The Morgan fingerprint density at radius 1 is 0.973 bits per heavy atom. The van der Waals surface area contributed by atoms with Crippen LogP contribution in [0.3, 0.4) is 0 Å². The van der Waals surface area contributed by atoms with Gasteiger partial charge in [0.1, 0.15) is 5.58 Å². The smallest absolute Gasteiger partial charge is 0.291 e. The quantitative estimate of drug-likeness (QED) is 0.266. The Kier molecular flexibility index (Phi) is 6.74. The standard InChI is InChI=1S/C31H31NO5/c1-5-6-14-36-23-13-12-22(17-24(23)35-4)28-27-29(33)26-20(3)15-19(2)16-25(26)37-30(27)31(34)32(28)18-21-10-8-7-9-11-21/h7-13,15-17,28H,5-6,14,18H2,1-4H3. The molecule has 1 aromatic heterocycles. The molecule has 0 N–H and O–H groups in total. The number of benzene rings is 3. The summed E-state index contributed by atoms with van der Waals surface area (Å²) in [6.07, 6.45) is 1.96. The highest BCUT2D eigenvalue weighted by Crippen LogP contribution is 2.42. The number of carbonyl (C=O) groups excluding carboxylic acids is 1. The zero-order valence-electron chi connectivity index (χ0n) is 21.7. The van der Waals surface area contributed by atoms with Crippen LogP contribution in [0, 0.1) is 13.8 Å². The van der Waals surface area contributed by atoms with Gasteiger partial charge in [0.15, 0.2) is 16.9 Å². The molecule has 1 aliphatic heterocycles. The van der Waals surface area contributed by atoms with Crippen molar-refractivity contribution < 1.29 is 18.7 Å². The van der Waals surface area contributed by atoms with Gasteiger partial charge in [0.25, 0.3) is 5.91 Å². The van der Waals surface area contributed by atoms with Gasteiger partial charge in [0, 0.05) is 6.54 Å². The topological polar surface area (TPSA) is 69.0 Å². The summed E-state index contributed by atoms with van der Waals surface area (Å²) in [7, 11) is 1.59. The maximum absolute atomic E-state index is 14.0. The molecule has 1 atom stereocenters. The van der Waals surface area contributed by atoms with Crippen molar-refractivity contribution in [2.45, 2.75) is 46.2 Å². The summed E-state index contributed by atoms with van der Waals surface area (Å²) in [5.41, 5.74) is 4.15. The highest BCUT2D eigenvalue weighted by Gasteiger charge is 2.43. The molecular formula is C31H31NO5. The summed E-state index contributed by atoms with van der Waals surface area (Å²) in [4.78, 5) is 29.5. The molecule has 0 aliphatic carbocycles. The second kappa shape index (κ2) is 10.1. The van der Waals surface area contributed by atoms with Crippen molar-refractivity contribution in [3.05, 3.63) is 104 Å². The number of hydrogen-bond donors (Lipinski definition) is 0. The van der Waals surface area contributed by atoms with Gasteiger partial charge in [-0.2, -0.15) is 0 Å². The fraction of sp³-hybridized carbons (Fsp3) is 0.290. The van der Waals surface area contributed by atoms with Crippen molar-refractivity contribution in [1.29, 1.82) is 0 Å². The minimum absolute atomic E-state index is 0.102. The first-order chi connectivity index (χ1) is 17.9. The Hall–Kier alpha value is -4.06. The van der Waals surface area contributed by atoms with E-state index in [2.05, 4.69) is 6.92 Å². The van der Waals surface area contributed by atoms with E-state index in [-0.39, 0.29) is 17.1 Å². The van der Waals surface area contributed by atoms with Crippen molar-refractivity contribution in [1.82, 2.24) is 4.90 Å². The molecule has 1 unspecified atom stereocenters. The lowest BCUT2D eigenvalue weighted by Crippen LogP contribution is -2.29. The summed E-state index contributed by atoms with van der Waals surface area (Å²) in [6, 6.07) is 18.5. The zero-order valence-corrected chi connectivity index (χ0v) is 21.7. The number of ether oxygens (including phenoxy) is 2. The first-order valence-electron chi connectivity index (χ1n) is 12.7. The Labute approximate surface area is 216 Å². The molecule has 0 bridgehead atoms. The number of hydrogen-bond acceptors (Lipinski definition) is 5. The van der Waals surface area contributed by atoms with Crippen LogP contribution in [-0.2, 0) is 6.54 Å². The van der Waals surface area contributed by atoms with Gasteiger partial charge in [0.05, 0.1) is 30.7 Å². The van der Waals surface area contributed by atoms with Crippen LogP contribution in [0.15, 0.2) is 69.9 Å². The fourth-order valence-corrected chi connectivity index (χ4v) is 5.10. The lowest BCUT2D eigenvalue weighted by Gasteiger charge is -2.26. The van der Waals surface area contributed by atoms with Crippen LogP contribution < -0.4 is 14.9 Å². The van der Waals surface area contributed by atoms with Crippen LogP contribution in [0.25, 0.3) is 11.0 Å². The number of carbonyl (C=O) groups is 1. The maximum atomic E-state index is 14.0. The molecule has 190 valence electrons. The summed E-state index contributed by atoms with van der Waals surface area (Å²) < 4.78 is 17.7. The van der Waals surface area contributed by atoms with Crippen LogP contribution in [0.5, 0.6) is 11.5 Å². The van der Waals surface area contributed by atoms with E-state index in [0.717, 1.165) is 35.1 Å². The number of amides is 1. The van der Waals surface area contributed by atoms with Crippen molar-refractivity contribution in [2.75, 3.05) is 13.7 Å². The van der Waals surface area contributed by atoms with Crippen molar-refractivity contribution in [3.63, 3.8) is 0 Å². The van der Waals surface area contributed by atoms with Crippen molar-refractivity contribution in [3.8, 4) is 11.5 Å². The predicted octanol–water partition coefficient (Wildman–Crippen LogP) is 6.34. The SMILES string of the molecule is CCCCOc1ccc(C2c3c(oc4cc(C)cc(C)c4c3=O)C(=O)N2Cc2ccccc2)cc1OC. The largest absolute Gasteiger partial charge is 0.493 e. The summed E-state index contributed by atoms with van der Waals surface area (Å²) in [5.74, 6) is 0.997. The average molecular weight is 498 g/mol. The minimum Gasteiger partial charge on any atom is -0.493 e. The van der Waals surface area contributed by atoms with Gasteiger partial charge in [-0.3, -0.25) is 9.59 Å². The molecular weight excluding hydrogens is 466 g/mol. The first-order valence-corrected chi connectivity index (χ1v) is 12.7. The second-order valence-corrected chi connectivity index (χ2v) is 9.56. The monoisotopic (exact) mass is 497 g/mol. The molecule has 0 radical (unpaired) electrons. The molecule has 0 saturated carbocycles. The summed E-state index contributed by atoms with van der Waals surface area (Å²) in [5, 5.41) is 0.509. The van der Waals surface area contributed by atoms with Gasteiger partial charge in [0.2, 0.25) is 5.76 Å². The highest BCUT2D eigenvalue weighted by molar-refractivity contribution is 5.99. The van der Waals surface area contributed by atoms with Crippen LogP contribution >= 0.6 is 0 Å². The maximum Gasteiger partial charge on any atom is 0.291 e. The van der Waals surface area contributed by atoms with Crippen molar-refractivity contribution >= 4 is 16.9 Å². The third-order valence-electron chi connectivity index (χ3n) is 6.87. The van der Waals surface area contributed by atoms with E-state index >= 15 is 0 Å². The number of rotatable bonds is 8. The van der Waals surface area contributed by atoms with Gasteiger partial charge in [-0.15, -0.1) is 0 Å². The number of methoxy groups -OCH3 is 1. The van der Waals surface area contributed by atoms with E-state index in [1.54, 1.807) is 12.0 Å². The van der Waals surface area contributed by atoms with Gasteiger partial charge < -0.3 is 18.8 Å². The molecule has 0 fully saturated rings. The summed E-state index contributed by atoms with van der Waals surface area (Å²) >= 11 is 0. The lowest BCUT2D eigenvalue weighted by atomic mass is 9.96. The van der Waals surface area contributed by atoms with E-state index in [0.29, 0.717) is 41.2 Å². The average Bonchev–Trinajstić information content (AvgIpc) is 3.16.